The molecule has 2 amide bonds. The highest BCUT2D eigenvalue weighted by Crippen LogP contribution is 2.35. The molecule has 8 rings (SSSR count). The van der Waals surface area contributed by atoms with Crippen molar-refractivity contribution in [2.45, 2.75) is 71.2 Å². The highest BCUT2D eigenvalue weighted by atomic mass is 32.1. The van der Waals surface area contributed by atoms with Gasteiger partial charge in [-0.2, -0.15) is 5.10 Å². The summed E-state index contributed by atoms with van der Waals surface area (Å²) >= 11 is 1.58. The Morgan fingerprint density at radius 1 is 0.938 bits per heavy atom. The number of carbonyl (C=O) groups excluding carboxylic acids is 2. The van der Waals surface area contributed by atoms with Crippen molar-refractivity contribution >= 4 is 29.0 Å². The maximum atomic E-state index is 14.2. The summed E-state index contributed by atoms with van der Waals surface area (Å²) in [5, 5.41) is 41.0. The number of nitrogens with two attached hydrogens (primary N) is 1. The normalized spacial score (nSPS) is 16.3. The number of aliphatic hydroxyl groups excluding tert-OH is 1. The van der Waals surface area contributed by atoms with E-state index in [1.54, 1.807) is 47.9 Å². The molecule has 0 radical (unpaired) electrons. The van der Waals surface area contributed by atoms with E-state index in [1.807, 2.05) is 106 Å². The third-order valence-corrected chi connectivity index (χ3v) is 12.6. The van der Waals surface area contributed by atoms with E-state index >= 15 is 0 Å². The van der Waals surface area contributed by atoms with Crippen LogP contribution in [0.1, 0.15) is 74.7 Å². The number of amides is 2. The largest absolute Gasteiger partial charge is 0.507 e. The number of aryl methyl sites for hydroxylation is 1. The molecule has 5 N–H and O–H groups in total. The van der Waals surface area contributed by atoms with Crippen LogP contribution in [-0.2, 0) is 9.59 Å². The van der Waals surface area contributed by atoms with E-state index in [-0.39, 0.29) is 73.4 Å². The maximum Gasteiger partial charge on any atom is 0.254 e. The Hall–Kier alpha value is -7.11. The first-order valence-corrected chi connectivity index (χ1v) is 22.3. The first-order chi connectivity index (χ1) is 31.3. The number of aromatic nitrogens is 6. The van der Waals surface area contributed by atoms with E-state index in [9.17, 15) is 19.8 Å². The van der Waals surface area contributed by atoms with Crippen LogP contribution in [0.25, 0.3) is 32.8 Å². The summed E-state index contributed by atoms with van der Waals surface area (Å²) in [4.78, 5) is 34.7. The smallest absolute Gasteiger partial charge is 0.254 e. The SMILES string of the molecule is Cc1ncsc1-c1ccc(C(C)NC(=O)[C@@H]2C[C@@H](O)CN2C(=O)[C@@H](c2cc(OCCOc3ccc(C(C)n4cc(-c5cc(-c6ccccc6O)nnc5N)cn4)cc3)no2)C(C)C)cc1. The highest BCUT2D eigenvalue weighted by Gasteiger charge is 2.43. The van der Waals surface area contributed by atoms with Crippen LogP contribution >= 0.6 is 11.3 Å². The second kappa shape index (κ2) is 19.3. The third kappa shape index (κ3) is 9.85. The fraction of sp³-hybridized carbons (Fsp3) is 0.312. The van der Waals surface area contributed by atoms with Crippen molar-refractivity contribution < 1.29 is 33.8 Å². The molecule has 0 spiro atoms. The number of carbonyl (C=O) groups is 2. The van der Waals surface area contributed by atoms with Gasteiger partial charge in [0.2, 0.25) is 11.8 Å². The van der Waals surface area contributed by atoms with Gasteiger partial charge >= 0.3 is 0 Å². The van der Waals surface area contributed by atoms with Crippen LogP contribution in [-0.4, -0.2) is 89.0 Å². The number of nitrogens with zero attached hydrogens (tertiary/aromatic N) is 7. The van der Waals surface area contributed by atoms with E-state index in [0.717, 1.165) is 32.8 Å². The number of phenolic OH excluding ortho intramolecular Hbond substituents is 1. The zero-order valence-corrected chi connectivity index (χ0v) is 37.5. The molecule has 7 aromatic rings. The van der Waals surface area contributed by atoms with Gasteiger partial charge in [0, 0.05) is 41.9 Å². The van der Waals surface area contributed by atoms with Crippen molar-refractivity contribution in [1.29, 1.82) is 0 Å². The fourth-order valence-electron chi connectivity index (χ4n) is 8.05. The second-order valence-corrected chi connectivity index (χ2v) is 17.4. The van der Waals surface area contributed by atoms with Crippen LogP contribution in [0.5, 0.6) is 17.4 Å². The zero-order valence-electron chi connectivity index (χ0n) is 36.7. The predicted octanol–water partition coefficient (Wildman–Crippen LogP) is 7.36. The molecule has 17 heteroatoms. The average Bonchev–Trinajstić information content (AvgIpc) is 4.14. The lowest BCUT2D eigenvalue weighted by atomic mass is 9.91. The summed E-state index contributed by atoms with van der Waals surface area (Å²) in [5.74, 6) is -0.147. The Balaban J connectivity index is 0.832. The Morgan fingerprint density at radius 2 is 1.68 bits per heavy atom. The van der Waals surface area contributed by atoms with Crippen LogP contribution in [0.15, 0.2) is 107 Å². The molecule has 0 saturated carbocycles. The zero-order chi connectivity index (χ0) is 45.8. The second-order valence-electron chi connectivity index (χ2n) is 16.5. The number of hydrogen-bond donors (Lipinski definition) is 4. The van der Waals surface area contributed by atoms with Gasteiger partial charge in [-0.3, -0.25) is 14.3 Å². The number of aromatic hydroxyl groups is 1. The molecule has 65 heavy (non-hydrogen) atoms. The van der Waals surface area contributed by atoms with Crippen LogP contribution in [0, 0.1) is 12.8 Å². The average molecular weight is 898 g/mol. The van der Waals surface area contributed by atoms with Crippen molar-refractivity contribution in [2.75, 3.05) is 25.5 Å². The number of para-hydroxylation sites is 1. The highest BCUT2D eigenvalue weighted by molar-refractivity contribution is 7.13. The first-order valence-electron chi connectivity index (χ1n) is 21.4. The lowest BCUT2D eigenvalue weighted by Crippen LogP contribution is -2.48. The number of likely N-dealkylation sites (tertiary alicyclic amines) is 1. The lowest BCUT2D eigenvalue weighted by molar-refractivity contribution is -0.141. The molecule has 5 heterocycles. The summed E-state index contributed by atoms with van der Waals surface area (Å²) < 4.78 is 19.3. The summed E-state index contributed by atoms with van der Waals surface area (Å²) in [7, 11) is 0. The summed E-state index contributed by atoms with van der Waals surface area (Å²) in [5.41, 5.74) is 14.4. The Kier molecular flexibility index (Phi) is 13.2. The Morgan fingerprint density at radius 3 is 2.40 bits per heavy atom. The van der Waals surface area contributed by atoms with Gasteiger partial charge in [-0.25, -0.2) is 4.98 Å². The monoisotopic (exact) mass is 897 g/mol. The topological polar surface area (TPSA) is 217 Å². The van der Waals surface area contributed by atoms with Gasteiger partial charge in [0.25, 0.3) is 5.88 Å². The van der Waals surface area contributed by atoms with Crippen molar-refractivity contribution in [3.8, 4) is 50.2 Å². The lowest BCUT2D eigenvalue weighted by Gasteiger charge is -2.29. The molecule has 1 fully saturated rings. The maximum absolute atomic E-state index is 14.2. The number of hydrogen-bond acceptors (Lipinski definition) is 14. The molecular weight excluding hydrogens is 847 g/mol. The molecule has 2 unspecified atom stereocenters. The fourth-order valence-corrected chi connectivity index (χ4v) is 8.86. The van der Waals surface area contributed by atoms with E-state index in [1.165, 1.54) is 4.90 Å². The van der Waals surface area contributed by atoms with E-state index in [4.69, 9.17) is 19.7 Å². The number of aliphatic hydroxyl groups is 1. The first kappa shape index (κ1) is 44.5. The number of benzene rings is 3. The molecule has 0 aliphatic carbocycles. The van der Waals surface area contributed by atoms with E-state index in [2.05, 4.69) is 30.8 Å². The summed E-state index contributed by atoms with van der Waals surface area (Å²) in [6, 6.07) is 24.7. The number of nitrogens with one attached hydrogen (secondary N) is 1. The number of thiazole rings is 1. The molecule has 3 aromatic carbocycles. The molecule has 1 aliphatic rings. The van der Waals surface area contributed by atoms with Crippen LogP contribution in [0.3, 0.4) is 0 Å². The van der Waals surface area contributed by atoms with Crippen molar-refractivity contribution in [3.05, 3.63) is 125 Å². The van der Waals surface area contributed by atoms with Gasteiger partial charge < -0.3 is 40.2 Å². The molecule has 1 aliphatic heterocycles. The Bertz CT molecular complexity index is 2750. The number of rotatable bonds is 16. The van der Waals surface area contributed by atoms with Crippen molar-refractivity contribution in [3.63, 3.8) is 0 Å². The van der Waals surface area contributed by atoms with Crippen molar-refractivity contribution in [2.24, 2.45) is 5.92 Å². The molecule has 1 saturated heterocycles. The Labute approximate surface area is 380 Å². The number of phenols is 1. The minimum atomic E-state index is -0.853. The molecule has 0 bridgehead atoms. The van der Waals surface area contributed by atoms with Gasteiger partial charge in [0.05, 0.1) is 46.2 Å². The molecule has 336 valence electrons. The van der Waals surface area contributed by atoms with Gasteiger partial charge in [-0.05, 0) is 78.9 Å². The van der Waals surface area contributed by atoms with Gasteiger partial charge in [0.1, 0.15) is 36.7 Å². The van der Waals surface area contributed by atoms with Crippen LogP contribution in [0.2, 0.25) is 0 Å². The number of β-amino-alcohol motifs (C(OH)–C–C–N with tert-alkyl or cyclic N) is 1. The summed E-state index contributed by atoms with van der Waals surface area (Å²) in [6.45, 7) is 10.1. The standard InChI is InChI=1S/C48H51N9O7S/c1-27(2)44(48(61)56-25-35(58)20-40(56)47(60)52-28(3)31-10-12-33(13-11-31)45-29(4)50-26-65-45)42-22-43(55-64-42)63-19-18-62-36-16-14-32(15-17-36)30(5)57-24-34(23-51-57)38-21-39(53-54-46(38)49)37-8-6-7-9-41(37)59/h6-17,21-24,26-28,30,35,40,44,58-59H,18-20,25H2,1-5H3,(H2,49,54)(H,52,60)/t28?,30?,35-,40+,44-/m1/s1. The molecule has 4 aromatic heterocycles. The molecular formula is C48H51N9O7S. The van der Waals surface area contributed by atoms with Crippen LogP contribution < -0.4 is 20.5 Å². The van der Waals surface area contributed by atoms with E-state index < -0.39 is 18.1 Å². The predicted molar refractivity (Wildman–Crippen MR) is 245 cm³/mol. The number of anilines is 1. The minimum Gasteiger partial charge on any atom is -0.507 e. The molecule has 16 nitrogen and oxygen atoms in total. The third-order valence-electron chi connectivity index (χ3n) is 11.7. The molecule has 5 atom stereocenters. The van der Waals surface area contributed by atoms with Crippen molar-refractivity contribution in [1.82, 2.24) is 40.3 Å². The number of ether oxygens (including phenoxy) is 2. The van der Waals surface area contributed by atoms with E-state index in [0.29, 0.717) is 28.3 Å². The van der Waals surface area contributed by atoms with Gasteiger partial charge in [-0.15, -0.1) is 21.5 Å². The summed E-state index contributed by atoms with van der Waals surface area (Å²) in [6.07, 6.45) is 2.89. The van der Waals surface area contributed by atoms with Gasteiger partial charge in [0.15, 0.2) is 11.6 Å². The number of nitrogen functional groups attached to an aromatic ring is 1. The van der Waals surface area contributed by atoms with Crippen LogP contribution in [0.4, 0.5) is 5.82 Å². The van der Waals surface area contributed by atoms with Gasteiger partial charge in [-0.1, -0.05) is 62.4 Å². The quantitative estimate of drug-likeness (QED) is 0.0698. The minimum absolute atomic E-state index is 0.0275.